The first-order chi connectivity index (χ1) is 10.9. The van der Waals surface area contributed by atoms with Crippen LogP contribution in [-0.2, 0) is 13.1 Å². The van der Waals surface area contributed by atoms with Gasteiger partial charge in [-0.2, -0.15) is 0 Å². The van der Waals surface area contributed by atoms with Gasteiger partial charge < -0.3 is 5.32 Å². The number of hydrogen-bond donors (Lipinski definition) is 1. The summed E-state index contributed by atoms with van der Waals surface area (Å²) >= 11 is 1.75. The smallest absolute Gasteiger partial charge is 0.0794 e. The summed E-state index contributed by atoms with van der Waals surface area (Å²) in [6, 6.07) is 11.6. The molecule has 3 atom stereocenters. The van der Waals surface area contributed by atoms with Gasteiger partial charge >= 0.3 is 0 Å². The summed E-state index contributed by atoms with van der Waals surface area (Å²) < 4.78 is 0. The van der Waals surface area contributed by atoms with E-state index >= 15 is 0 Å². The maximum atomic E-state index is 4.16. The fourth-order valence-corrected chi connectivity index (χ4v) is 4.69. The lowest BCUT2D eigenvalue weighted by Gasteiger charge is -2.21. The van der Waals surface area contributed by atoms with Crippen LogP contribution in [0.3, 0.4) is 0 Å². The Labute approximate surface area is 136 Å². The van der Waals surface area contributed by atoms with Gasteiger partial charge in [0.1, 0.15) is 0 Å². The molecule has 0 bridgehead atoms. The van der Waals surface area contributed by atoms with Gasteiger partial charge in [0.25, 0.3) is 0 Å². The van der Waals surface area contributed by atoms with Gasteiger partial charge in [0, 0.05) is 43.3 Å². The molecule has 0 radical (unpaired) electrons. The molecule has 2 aliphatic rings. The molecule has 1 aliphatic heterocycles. The second-order valence-electron chi connectivity index (χ2n) is 6.64. The van der Waals surface area contributed by atoms with Crippen LogP contribution in [0.25, 0.3) is 0 Å². The van der Waals surface area contributed by atoms with E-state index in [2.05, 4.69) is 45.5 Å². The third-order valence-corrected chi connectivity index (χ3v) is 5.98. The zero-order valence-electron chi connectivity index (χ0n) is 12.8. The van der Waals surface area contributed by atoms with Crippen molar-refractivity contribution in [2.45, 2.75) is 32.0 Å². The second-order valence-corrected chi connectivity index (χ2v) is 7.61. The number of likely N-dealkylation sites (tertiary alicyclic amines) is 1. The predicted octanol–water partition coefficient (Wildman–Crippen LogP) is 3.14. The highest BCUT2D eigenvalue weighted by atomic mass is 32.1. The number of thiazole rings is 1. The van der Waals surface area contributed by atoms with E-state index in [1.165, 1.54) is 36.4 Å². The van der Waals surface area contributed by atoms with Gasteiger partial charge in [-0.1, -0.05) is 30.3 Å². The minimum absolute atomic E-state index is 0.688. The van der Waals surface area contributed by atoms with E-state index in [1.807, 2.05) is 11.7 Å². The Kier molecular flexibility index (Phi) is 4.24. The van der Waals surface area contributed by atoms with Crippen LogP contribution in [0.15, 0.2) is 42.0 Å². The van der Waals surface area contributed by atoms with Crippen molar-refractivity contribution < 1.29 is 0 Å². The van der Waals surface area contributed by atoms with Crippen molar-refractivity contribution in [3.63, 3.8) is 0 Å². The van der Waals surface area contributed by atoms with Crippen LogP contribution in [0.2, 0.25) is 0 Å². The van der Waals surface area contributed by atoms with E-state index in [-0.39, 0.29) is 0 Å². The SMILES string of the molecule is c1ccc(CN2C[C@@H]3CC[C@@H](NCc4cncs4)[C@H]3C2)cc1. The van der Waals surface area contributed by atoms with Crippen LogP contribution < -0.4 is 5.32 Å². The van der Waals surface area contributed by atoms with Crippen molar-refractivity contribution in [3.8, 4) is 0 Å². The third-order valence-electron chi connectivity index (χ3n) is 5.20. The van der Waals surface area contributed by atoms with Crippen molar-refractivity contribution in [2.75, 3.05) is 13.1 Å². The number of fused-ring (bicyclic) bond motifs is 1. The lowest BCUT2D eigenvalue weighted by atomic mass is 9.98. The molecule has 3 nitrogen and oxygen atoms in total. The lowest BCUT2D eigenvalue weighted by molar-refractivity contribution is 0.289. The standard InChI is InChI=1S/C18H23N3S/c1-2-4-14(5-3-1)10-21-11-15-6-7-18(17(15)12-21)20-9-16-8-19-13-22-16/h1-5,8,13,15,17-18,20H,6-7,9-12H2/t15-,17-,18+/m0/s1. The molecule has 1 aromatic carbocycles. The van der Waals surface area contributed by atoms with Crippen molar-refractivity contribution in [1.82, 2.24) is 15.2 Å². The van der Waals surface area contributed by atoms with Gasteiger partial charge in [0.15, 0.2) is 0 Å². The van der Waals surface area contributed by atoms with Crippen LogP contribution in [0.4, 0.5) is 0 Å². The normalized spacial score (nSPS) is 28.1. The van der Waals surface area contributed by atoms with E-state index in [0.717, 1.165) is 24.9 Å². The van der Waals surface area contributed by atoms with Gasteiger partial charge in [-0.05, 0) is 30.2 Å². The van der Waals surface area contributed by atoms with Crippen molar-refractivity contribution in [2.24, 2.45) is 11.8 Å². The quantitative estimate of drug-likeness (QED) is 0.919. The first-order valence-corrected chi connectivity index (χ1v) is 9.13. The number of aromatic nitrogens is 1. The van der Waals surface area contributed by atoms with E-state index in [9.17, 15) is 0 Å². The maximum absolute atomic E-state index is 4.16. The van der Waals surface area contributed by atoms with Crippen LogP contribution in [0.5, 0.6) is 0 Å². The van der Waals surface area contributed by atoms with E-state index in [0.29, 0.717) is 6.04 Å². The highest BCUT2D eigenvalue weighted by molar-refractivity contribution is 7.09. The Morgan fingerprint density at radius 3 is 2.91 bits per heavy atom. The summed E-state index contributed by atoms with van der Waals surface area (Å²) in [5.41, 5.74) is 3.36. The summed E-state index contributed by atoms with van der Waals surface area (Å²) in [6.45, 7) is 4.62. The highest BCUT2D eigenvalue weighted by Crippen LogP contribution is 2.38. The Morgan fingerprint density at radius 1 is 1.18 bits per heavy atom. The molecule has 22 heavy (non-hydrogen) atoms. The van der Waals surface area contributed by atoms with Crippen molar-refractivity contribution in [1.29, 1.82) is 0 Å². The lowest BCUT2D eigenvalue weighted by Crippen LogP contribution is -2.35. The first kappa shape index (κ1) is 14.4. The molecular weight excluding hydrogens is 290 g/mol. The summed E-state index contributed by atoms with van der Waals surface area (Å²) in [6.07, 6.45) is 4.71. The van der Waals surface area contributed by atoms with Crippen LogP contribution in [-0.4, -0.2) is 29.0 Å². The minimum Gasteiger partial charge on any atom is -0.309 e. The van der Waals surface area contributed by atoms with Crippen molar-refractivity contribution in [3.05, 3.63) is 52.5 Å². The maximum Gasteiger partial charge on any atom is 0.0794 e. The largest absolute Gasteiger partial charge is 0.309 e. The molecule has 0 spiro atoms. The average molecular weight is 313 g/mol. The van der Waals surface area contributed by atoms with E-state index in [4.69, 9.17) is 0 Å². The number of hydrogen-bond acceptors (Lipinski definition) is 4. The number of nitrogens with one attached hydrogen (secondary N) is 1. The summed E-state index contributed by atoms with van der Waals surface area (Å²) in [7, 11) is 0. The number of benzene rings is 1. The third kappa shape index (κ3) is 3.09. The van der Waals surface area contributed by atoms with Crippen LogP contribution in [0, 0.1) is 11.8 Å². The predicted molar refractivity (Wildman–Crippen MR) is 90.7 cm³/mol. The molecule has 0 unspecified atom stereocenters. The molecule has 1 aliphatic carbocycles. The molecule has 2 fully saturated rings. The Hall–Kier alpha value is -1.23. The topological polar surface area (TPSA) is 28.2 Å². The molecule has 1 aromatic heterocycles. The first-order valence-electron chi connectivity index (χ1n) is 8.25. The molecule has 1 saturated carbocycles. The summed E-state index contributed by atoms with van der Waals surface area (Å²) in [5.74, 6) is 1.72. The molecule has 1 saturated heterocycles. The fraction of sp³-hybridized carbons (Fsp3) is 0.500. The zero-order valence-corrected chi connectivity index (χ0v) is 13.6. The molecule has 116 valence electrons. The van der Waals surface area contributed by atoms with Gasteiger partial charge in [-0.3, -0.25) is 9.88 Å². The monoisotopic (exact) mass is 313 g/mol. The highest BCUT2D eigenvalue weighted by Gasteiger charge is 2.42. The average Bonchev–Trinajstić information content (AvgIpc) is 3.24. The molecule has 0 amide bonds. The fourth-order valence-electron chi connectivity index (χ4n) is 4.14. The Bertz CT molecular complexity index is 584. The molecule has 4 heteroatoms. The second kappa shape index (κ2) is 6.49. The van der Waals surface area contributed by atoms with Crippen LogP contribution >= 0.6 is 11.3 Å². The summed E-state index contributed by atoms with van der Waals surface area (Å²) in [4.78, 5) is 8.16. The minimum atomic E-state index is 0.688. The number of nitrogens with zero attached hydrogens (tertiary/aromatic N) is 2. The Morgan fingerprint density at radius 2 is 2.09 bits per heavy atom. The molecule has 2 aromatic rings. The molecule has 4 rings (SSSR count). The summed E-state index contributed by atoms with van der Waals surface area (Å²) in [5, 5.41) is 3.78. The van der Waals surface area contributed by atoms with Gasteiger partial charge in [0.2, 0.25) is 0 Å². The van der Waals surface area contributed by atoms with Crippen LogP contribution in [0.1, 0.15) is 23.3 Å². The zero-order chi connectivity index (χ0) is 14.8. The Balaban J connectivity index is 1.33. The molecule has 1 N–H and O–H groups in total. The van der Waals surface area contributed by atoms with E-state index < -0.39 is 0 Å². The van der Waals surface area contributed by atoms with Gasteiger partial charge in [0.05, 0.1) is 5.51 Å². The van der Waals surface area contributed by atoms with Gasteiger partial charge in [-0.15, -0.1) is 11.3 Å². The van der Waals surface area contributed by atoms with E-state index in [1.54, 1.807) is 11.3 Å². The number of rotatable bonds is 5. The molecular formula is C18H23N3S. The van der Waals surface area contributed by atoms with Crippen molar-refractivity contribution >= 4 is 11.3 Å². The molecule has 2 heterocycles. The van der Waals surface area contributed by atoms with Gasteiger partial charge in [-0.25, -0.2) is 0 Å².